The molecular formula is C35H49N3O7. The van der Waals surface area contributed by atoms with Crippen molar-refractivity contribution < 1.29 is 33.7 Å². The first-order valence-electron chi connectivity index (χ1n) is 16.1. The number of carbonyl (C=O) groups excluding carboxylic acids is 3. The molecule has 2 heterocycles. The van der Waals surface area contributed by atoms with Crippen molar-refractivity contribution in [2.45, 2.75) is 109 Å². The lowest BCUT2D eigenvalue weighted by molar-refractivity contribution is -0.253. The predicted molar refractivity (Wildman–Crippen MR) is 171 cm³/mol. The van der Waals surface area contributed by atoms with Crippen LogP contribution >= 0.6 is 0 Å². The van der Waals surface area contributed by atoms with E-state index in [2.05, 4.69) is 15.5 Å². The van der Waals surface area contributed by atoms with Crippen molar-refractivity contribution in [1.29, 1.82) is 0 Å². The van der Waals surface area contributed by atoms with Crippen LogP contribution < -0.4 is 10.6 Å². The summed E-state index contributed by atoms with van der Waals surface area (Å²) >= 11 is 0. The second-order valence-electron chi connectivity index (χ2n) is 13.0. The number of benzene rings is 2. The van der Waals surface area contributed by atoms with Gasteiger partial charge in [-0.3, -0.25) is 19.3 Å². The number of carbonyl (C=O) groups is 3. The molecule has 2 amide bonds. The lowest BCUT2D eigenvalue weighted by Gasteiger charge is -2.38. The van der Waals surface area contributed by atoms with Crippen LogP contribution in [0, 0.1) is 0 Å². The van der Waals surface area contributed by atoms with Gasteiger partial charge in [-0.1, -0.05) is 42.8 Å². The molecule has 0 spiro atoms. The normalized spacial score (nSPS) is 22.2. The van der Waals surface area contributed by atoms with E-state index >= 15 is 0 Å². The van der Waals surface area contributed by atoms with Crippen molar-refractivity contribution in [3.8, 4) is 0 Å². The summed E-state index contributed by atoms with van der Waals surface area (Å²) in [5.74, 6) is -0.284. The molecule has 0 aliphatic carbocycles. The highest BCUT2D eigenvalue weighted by molar-refractivity contribution is 5.90. The third-order valence-electron chi connectivity index (χ3n) is 8.02. The molecule has 0 saturated carbocycles. The number of hydrogen-bond acceptors (Lipinski definition) is 8. The van der Waals surface area contributed by atoms with Gasteiger partial charge in [-0.25, -0.2) is 0 Å². The summed E-state index contributed by atoms with van der Waals surface area (Å²) in [7, 11) is 0. The van der Waals surface area contributed by atoms with Gasteiger partial charge in [0.1, 0.15) is 11.6 Å². The fraction of sp³-hybridized carbons (Fsp3) is 0.571. The van der Waals surface area contributed by atoms with E-state index in [1.807, 2.05) is 69.3 Å². The van der Waals surface area contributed by atoms with E-state index in [1.54, 1.807) is 0 Å². The third-order valence-corrected chi connectivity index (χ3v) is 8.02. The maximum Gasteiger partial charge on any atom is 0.323 e. The third kappa shape index (κ3) is 10.9. The number of nitrogens with one attached hydrogen (secondary N) is 2. The Bertz CT molecular complexity index is 1260. The van der Waals surface area contributed by atoms with Crippen molar-refractivity contribution >= 4 is 23.5 Å². The van der Waals surface area contributed by atoms with Gasteiger partial charge in [-0.15, -0.1) is 0 Å². The smallest absolute Gasteiger partial charge is 0.323 e. The number of ether oxygens (including phenoxy) is 3. The Balaban J connectivity index is 1.40. The molecule has 2 aliphatic rings. The molecule has 10 nitrogen and oxygen atoms in total. The average molecular weight is 624 g/mol. The summed E-state index contributed by atoms with van der Waals surface area (Å²) in [5.41, 5.74) is 2.81. The van der Waals surface area contributed by atoms with Gasteiger partial charge in [0, 0.05) is 44.1 Å². The number of esters is 1. The van der Waals surface area contributed by atoms with Crippen molar-refractivity contribution in [1.82, 2.24) is 10.2 Å². The number of anilines is 1. The number of aliphatic hydroxyl groups excluding tert-OH is 1. The lowest BCUT2D eigenvalue weighted by atomic mass is 9.99. The first-order valence-corrected chi connectivity index (χ1v) is 16.1. The van der Waals surface area contributed by atoms with Gasteiger partial charge >= 0.3 is 5.97 Å². The number of unbranched alkanes of at least 4 members (excludes halogenated alkanes) is 2. The number of amides is 2. The van der Waals surface area contributed by atoms with Gasteiger partial charge < -0.3 is 30.0 Å². The Hall–Kier alpha value is -3.31. The van der Waals surface area contributed by atoms with Crippen molar-refractivity contribution in [3.05, 3.63) is 65.2 Å². The maximum atomic E-state index is 13.0. The van der Waals surface area contributed by atoms with Gasteiger partial charge in [0.05, 0.1) is 18.8 Å². The zero-order valence-corrected chi connectivity index (χ0v) is 27.1. The van der Waals surface area contributed by atoms with Gasteiger partial charge in [-0.2, -0.15) is 0 Å². The number of hydrogen-bond donors (Lipinski definition) is 3. The Labute approximate surface area is 266 Å². The van der Waals surface area contributed by atoms with Crippen LogP contribution in [-0.4, -0.2) is 65.2 Å². The van der Waals surface area contributed by atoms with E-state index in [1.165, 1.54) is 6.92 Å². The van der Waals surface area contributed by atoms with E-state index in [9.17, 15) is 19.5 Å². The summed E-state index contributed by atoms with van der Waals surface area (Å²) in [6, 6.07) is 15.0. The largest absolute Gasteiger partial charge is 0.459 e. The molecule has 2 aliphatic heterocycles. The van der Waals surface area contributed by atoms with Crippen LogP contribution in [0.15, 0.2) is 48.5 Å². The summed E-state index contributed by atoms with van der Waals surface area (Å²) in [6.07, 6.45) is 4.10. The molecule has 10 heteroatoms. The minimum atomic E-state index is -0.637. The molecule has 4 rings (SSSR count). The summed E-state index contributed by atoms with van der Waals surface area (Å²) in [6.45, 7) is 9.14. The standard InChI is InChI=1S/C35H49N3O7/c1-24(40)36-19-7-5-6-10-32(41)37-28-17-15-27(16-18-28)34-43-29(21-31(44-34)26-13-11-25(23-39)12-14-26)22-38-20-8-9-30(38)33(42)45-35(2,3)4/h11-18,29-31,34,39H,5-10,19-23H2,1-4H3,(H,36,40)(H,37,41)/t29-,30-,31+,34+/m0/s1. The molecular weight excluding hydrogens is 574 g/mol. The van der Waals surface area contributed by atoms with E-state index in [0.29, 0.717) is 31.6 Å². The number of rotatable bonds is 13. The van der Waals surface area contributed by atoms with E-state index in [0.717, 1.165) is 55.3 Å². The van der Waals surface area contributed by atoms with Crippen molar-refractivity contribution in [2.24, 2.45) is 0 Å². The highest BCUT2D eigenvalue weighted by atomic mass is 16.7. The second-order valence-corrected chi connectivity index (χ2v) is 13.0. The fourth-order valence-corrected chi connectivity index (χ4v) is 5.77. The monoisotopic (exact) mass is 623 g/mol. The van der Waals surface area contributed by atoms with Gasteiger partial charge in [0.15, 0.2) is 6.29 Å². The molecule has 45 heavy (non-hydrogen) atoms. The van der Waals surface area contributed by atoms with Crippen LogP contribution in [0.25, 0.3) is 0 Å². The zero-order valence-electron chi connectivity index (χ0n) is 27.1. The summed E-state index contributed by atoms with van der Waals surface area (Å²) in [4.78, 5) is 38.6. The number of likely N-dealkylation sites (tertiary alicyclic amines) is 1. The Kier molecular flexibility index (Phi) is 12.5. The molecule has 0 aromatic heterocycles. The minimum Gasteiger partial charge on any atom is -0.459 e. The minimum absolute atomic E-state index is 0.0251. The highest BCUT2D eigenvalue weighted by Crippen LogP contribution is 2.39. The Morgan fingerprint density at radius 2 is 1.69 bits per heavy atom. The number of aliphatic hydroxyl groups is 1. The van der Waals surface area contributed by atoms with Gasteiger partial charge in [-0.05, 0) is 76.3 Å². The van der Waals surface area contributed by atoms with E-state index < -0.39 is 11.9 Å². The lowest BCUT2D eigenvalue weighted by Crippen LogP contribution is -2.45. The van der Waals surface area contributed by atoms with Crippen LogP contribution in [0.1, 0.15) is 102 Å². The molecule has 0 bridgehead atoms. The molecule has 2 aromatic carbocycles. The summed E-state index contributed by atoms with van der Waals surface area (Å²) in [5, 5.41) is 15.2. The first kappa shape index (κ1) is 34.6. The van der Waals surface area contributed by atoms with E-state index in [-0.39, 0.29) is 42.6 Å². The quantitative estimate of drug-likeness (QED) is 0.206. The SMILES string of the molecule is CC(=O)NCCCCCC(=O)Nc1ccc([C@@H]2O[C@H](CN3CCC[C@H]3C(=O)OC(C)(C)C)C[C@H](c3ccc(CO)cc3)O2)cc1. The van der Waals surface area contributed by atoms with Gasteiger partial charge in [0.2, 0.25) is 11.8 Å². The first-order chi connectivity index (χ1) is 21.5. The maximum absolute atomic E-state index is 13.0. The average Bonchev–Trinajstić information content (AvgIpc) is 3.46. The molecule has 246 valence electrons. The van der Waals surface area contributed by atoms with Crippen LogP contribution in [-0.2, 0) is 35.2 Å². The molecule has 4 atom stereocenters. The Morgan fingerprint density at radius 1 is 0.978 bits per heavy atom. The molecule has 0 radical (unpaired) electrons. The zero-order chi connectivity index (χ0) is 32.4. The molecule has 2 aromatic rings. The second kappa shape index (κ2) is 16.3. The Morgan fingerprint density at radius 3 is 2.36 bits per heavy atom. The highest BCUT2D eigenvalue weighted by Gasteiger charge is 2.38. The van der Waals surface area contributed by atoms with Gasteiger partial charge in [0.25, 0.3) is 0 Å². The van der Waals surface area contributed by atoms with Crippen molar-refractivity contribution in [3.63, 3.8) is 0 Å². The molecule has 2 saturated heterocycles. The topological polar surface area (TPSA) is 126 Å². The molecule has 2 fully saturated rings. The van der Waals surface area contributed by atoms with Crippen LogP contribution in [0.2, 0.25) is 0 Å². The van der Waals surface area contributed by atoms with Crippen LogP contribution in [0.5, 0.6) is 0 Å². The predicted octanol–water partition coefficient (Wildman–Crippen LogP) is 5.17. The van der Waals surface area contributed by atoms with Crippen LogP contribution in [0.3, 0.4) is 0 Å². The van der Waals surface area contributed by atoms with Crippen molar-refractivity contribution in [2.75, 3.05) is 25.0 Å². The number of nitrogens with zero attached hydrogens (tertiary/aromatic N) is 1. The summed E-state index contributed by atoms with van der Waals surface area (Å²) < 4.78 is 18.7. The van der Waals surface area contributed by atoms with E-state index in [4.69, 9.17) is 14.2 Å². The fourth-order valence-electron chi connectivity index (χ4n) is 5.77. The van der Waals surface area contributed by atoms with Crippen LogP contribution in [0.4, 0.5) is 5.69 Å². The molecule has 3 N–H and O–H groups in total. The molecule has 0 unspecified atom stereocenters.